The minimum atomic E-state index is -0.597. The maximum absolute atomic E-state index is 11.3. The standard InChI is InChI=1S/C15H22O3/c1-4-9-18-15(17)8-7-14(16)13-6-5-11(2)10-12(13)3/h5-6,10,14,16H,4,7-9H2,1-3H3. The molecule has 0 spiro atoms. The Balaban J connectivity index is 2.50. The molecule has 0 aliphatic heterocycles. The Labute approximate surface area is 109 Å². The number of aliphatic hydroxyl groups is 1. The summed E-state index contributed by atoms with van der Waals surface area (Å²) in [5.74, 6) is -0.235. The first kappa shape index (κ1) is 14.7. The number of rotatable bonds is 6. The van der Waals surface area contributed by atoms with E-state index in [0.29, 0.717) is 13.0 Å². The van der Waals surface area contributed by atoms with Crippen LogP contribution in [0.25, 0.3) is 0 Å². The van der Waals surface area contributed by atoms with Gasteiger partial charge < -0.3 is 9.84 Å². The molecule has 0 aliphatic rings. The van der Waals surface area contributed by atoms with Gasteiger partial charge in [0.15, 0.2) is 0 Å². The van der Waals surface area contributed by atoms with Crippen LogP contribution >= 0.6 is 0 Å². The SMILES string of the molecule is CCCOC(=O)CCC(O)c1ccc(C)cc1C. The average Bonchev–Trinajstić information content (AvgIpc) is 2.33. The molecule has 1 unspecified atom stereocenters. The lowest BCUT2D eigenvalue weighted by Gasteiger charge is -2.14. The van der Waals surface area contributed by atoms with Crippen LogP contribution in [0.1, 0.15) is 49.0 Å². The van der Waals surface area contributed by atoms with Gasteiger partial charge in [-0.15, -0.1) is 0 Å². The highest BCUT2D eigenvalue weighted by molar-refractivity contribution is 5.69. The van der Waals surface area contributed by atoms with Crippen LogP contribution in [0, 0.1) is 13.8 Å². The van der Waals surface area contributed by atoms with E-state index in [1.54, 1.807) is 0 Å². The van der Waals surface area contributed by atoms with Crippen molar-refractivity contribution in [3.05, 3.63) is 34.9 Å². The van der Waals surface area contributed by atoms with E-state index in [1.165, 1.54) is 5.56 Å². The maximum Gasteiger partial charge on any atom is 0.305 e. The molecule has 3 heteroatoms. The van der Waals surface area contributed by atoms with Crippen molar-refractivity contribution >= 4 is 5.97 Å². The third-order valence-corrected chi connectivity index (χ3v) is 2.87. The topological polar surface area (TPSA) is 46.5 Å². The molecule has 1 rings (SSSR count). The molecule has 0 radical (unpaired) electrons. The molecule has 100 valence electrons. The zero-order valence-corrected chi connectivity index (χ0v) is 11.4. The molecular weight excluding hydrogens is 228 g/mol. The van der Waals surface area contributed by atoms with Crippen LogP contribution in [0.15, 0.2) is 18.2 Å². The second-order valence-electron chi connectivity index (χ2n) is 4.63. The van der Waals surface area contributed by atoms with Gasteiger partial charge >= 0.3 is 5.97 Å². The van der Waals surface area contributed by atoms with Gasteiger partial charge in [-0.05, 0) is 37.8 Å². The van der Waals surface area contributed by atoms with Gasteiger partial charge in [0.1, 0.15) is 0 Å². The minimum absolute atomic E-state index is 0.235. The van der Waals surface area contributed by atoms with E-state index >= 15 is 0 Å². The molecule has 0 saturated carbocycles. The van der Waals surface area contributed by atoms with E-state index in [9.17, 15) is 9.90 Å². The van der Waals surface area contributed by atoms with Gasteiger partial charge in [-0.2, -0.15) is 0 Å². The highest BCUT2D eigenvalue weighted by atomic mass is 16.5. The van der Waals surface area contributed by atoms with Crippen molar-refractivity contribution in [3.63, 3.8) is 0 Å². The number of hydrogen-bond acceptors (Lipinski definition) is 3. The molecular formula is C15H22O3. The number of benzene rings is 1. The van der Waals surface area contributed by atoms with Gasteiger partial charge in [-0.1, -0.05) is 30.7 Å². The molecule has 3 nitrogen and oxygen atoms in total. The molecule has 1 atom stereocenters. The summed E-state index contributed by atoms with van der Waals surface area (Å²) in [7, 11) is 0. The highest BCUT2D eigenvalue weighted by Gasteiger charge is 2.13. The van der Waals surface area contributed by atoms with Crippen molar-refractivity contribution < 1.29 is 14.6 Å². The first-order valence-corrected chi connectivity index (χ1v) is 6.45. The van der Waals surface area contributed by atoms with Crippen LogP contribution < -0.4 is 0 Å². The van der Waals surface area contributed by atoms with E-state index in [4.69, 9.17) is 4.74 Å². The maximum atomic E-state index is 11.3. The quantitative estimate of drug-likeness (QED) is 0.789. The summed E-state index contributed by atoms with van der Waals surface area (Å²) in [6.45, 7) is 6.41. The zero-order chi connectivity index (χ0) is 13.5. The predicted octanol–water partition coefficient (Wildman–Crippen LogP) is 3.07. The fraction of sp³-hybridized carbons (Fsp3) is 0.533. The van der Waals surface area contributed by atoms with Crippen LogP contribution in [0.3, 0.4) is 0 Å². The summed E-state index contributed by atoms with van der Waals surface area (Å²) in [4.78, 5) is 11.3. The summed E-state index contributed by atoms with van der Waals surface area (Å²) in [6.07, 6.45) is 0.895. The van der Waals surface area contributed by atoms with E-state index in [0.717, 1.165) is 17.5 Å². The number of aliphatic hydroxyl groups excluding tert-OH is 1. The largest absolute Gasteiger partial charge is 0.466 e. The monoisotopic (exact) mass is 250 g/mol. The fourth-order valence-corrected chi connectivity index (χ4v) is 1.90. The summed E-state index contributed by atoms with van der Waals surface area (Å²) >= 11 is 0. The Bertz CT molecular complexity index is 399. The van der Waals surface area contributed by atoms with Crippen LogP contribution in [-0.4, -0.2) is 17.7 Å². The first-order valence-electron chi connectivity index (χ1n) is 6.45. The van der Waals surface area contributed by atoms with Crippen molar-refractivity contribution in [1.29, 1.82) is 0 Å². The first-order chi connectivity index (χ1) is 8.54. The fourth-order valence-electron chi connectivity index (χ4n) is 1.90. The normalized spacial score (nSPS) is 12.2. The second kappa shape index (κ2) is 7.17. The predicted molar refractivity (Wildman–Crippen MR) is 71.4 cm³/mol. The van der Waals surface area contributed by atoms with Crippen molar-refractivity contribution in [2.24, 2.45) is 0 Å². The number of esters is 1. The molecule has 0 aromatic heterocycles. The van der Waals surface area contributed by atoms with Gasteiger partial charge in [0.2, 0.25) is 0 Å². The molecule has 1 N–H and O–H groups in total. The van der Waals surface area contributed by atoms with E-state index in [1.807, 2.05) is 39.0 Å². The molecule has 0 bridgehead atoms. The second-order valence-corrected chi connectivity index (χ2v) is 4.63. The molecule has 1 aromatic rings. The lowest BCUT2D eigenvalue weighted by atomic mass is 9.98. The van der Waals surface area contributed by atoms with Gasteiger partial charge in [0.25, 0.3) is 0 Å². The van der Waals surface area contributed by atoms with Crippen molar-refractivity contribution in [3.8, 4) is 0 Å². The average molecular weight is 250 g/mol. The summed E-state index contributed by atoms with van der Waals surface area (Å²) in [6, 6.07) is 5.93. The Kier molecular flexibility index (Phi) is 5.86. The third kappa shape index (κ3) is 4.49. The van der Waals surface area contributed by atoms with Crippen LogP contribution in [0.5, 0.6) is 0 Å². The number of ether oxygens (including phenoxy) is 1. The Morgan fingerprint density at radius 2 is 2.11 bits per heavy atom. The lowest BCUT2D eigenvalue weighted by molar-refractivity contribution is -0.144. The minimum Gasteiger partial charge on any atom is -0.466 e. The summed E-state index contributed by atoms with van der Waals surface area (Å²) < 4.78 is 4.98. The molecule has 1 aromatic carbocycles. The molecule has 0 saturated heterocycles. The van der Waals surface area contributed by atoms with E-state index < -0.39 is 6.10 Å². The Morgan fingerprint density at radius 1 is 1.39 bits per heavy atom. The molecule has 0 aliphatic carbocycles. The van der Waals surface area contributed by atoms with Crippen LogP contribution in [-0.2, 0) is 9.53 Å². The Hall–Kier alpha value is -1.35. The summed E-state index contributed by atoms with van der Waals surface area (Å²) in [5.41, 5.74) is 3.12. The number of carbonyl (C=O) groups is 1. The summed E-state index contributed by atoms with van der Waals surface area (Å²) in [5, 5.41) is 10.1. The van der Waals surface area contributed by atoms with Gasteiger partial charge in [-0.3, -0.25) is 4.79 Å². The molecule has 0 heterocycles. The van der Waals surface area contributed by atoms with E-state index in [2.05, 4.69) is 0 Å². The van der Waals surface area contributed by atoms with Gasteiger partial charge in [0, 0.05) is 6.42 Å². The lowest BCUT2D eigenvalue weighted by Crippen LogP contribution is -2.08. The third-order valence-electron chi connectivity index (χ3n) is 2.87. The molecule has 18 heavy (non-hydrogen) atoms. The molecule has 0 amide bonds. The number of carbonyl (C=O) groups excluding carboxylic acids is 1. The zero-order valence-electron chi connectivity index (χ0n) is 11.4. The molecule has 0 fully saturated rings. The van der Waals surface area contributed by atoms with Crippen molar-refractivity contribution in [2.75, 3.05) is 6.61 Å². The highest BCUT2D eigenvalue weighted by Crippen LogP contribution is 2.22. The van der Waals surface area contributed by atoms with Crippen LogP contribution in [0.4, 0.5) is 0 Å². The van der Waals surface area contributed by atoms with Crippen molar-refractivity contribution in [2.45, 2.75) is 46.1 Å². The number of hydrogen-bond donors (Lipinski definition) is 1. The smallest absolute Gasteiger partial charge is 0.305 e. The van der Waals surface area contributed by atoms with Gasteiger partial charge in [0.05, 0.1) is 12.7 Å². The van der Waals surface area contributed by atoms with Gasteiger partial charge in [-0.25, -0.2) is 0 Å². The van der Waals surface area contributed by atoms with E-state index in [-0.39, 0.29) is 12.4 Å². The Morgan fingerprint density at radius 3 is 2.72 bits per heavy atom. The van der Waals surface area contributed by atoms with Crippen LogP contribution in [0.2, 0.25) is 0 Å². The van der Waals surface area contributed by atoms with Crippen molar-refractivity contribution in [1.82, 2.24) is 0 Å². The number of aryl methyl sites for hydroxylation is 2.